The fraction of sp³-hybridized carbons (Fsp3) is 0.875. The van der Waals surface area contributed by atoms with Crippen molar-refractivity contribution >= 4 is 39.3 Å². The van der Waals surface area contributed by atoms with E-state index in [4.69, 9.17) is 0 Å². The summed E-state index contributed by atoms with van der Waals surface area (Å²) >= 11 is 0. The molecule has 0 N–H and O–H groups in total. The molecule has 5 nitrogen and oxygen atoms in total. The van der Waals surface area contributed by atoms with Gasteiger partial charge in [-0.2, -0.15) is 0 Å². The van der Waals surface area contributed by atoms with Gasteiger partial charge in [0.1, 0.15) is 0 Å². The number of hydrogen-bond acceptors (Lipinski definition) is 6. The van der Waals surface area contributed by atoms with Crippen LogP contribution in [0.2, 0.25) is 0 Å². The van der Waals surface area contributed by atoms with Crippen molar-refractivity contribution in [2.24, 2.45) is 0 Å². The lowest BCUT2D eigenvalue weighted by atomic mass is 10.5. The maximum atomic E-state index is 10.9. The number of nitrogens with zero attached hydrogens (tertiary/aromatic N) is 1. The maximum Gasteiger partial charge on any atom is 0.202 e. The van der Waals surface area contributed by atoms with E-state index in [1.807, 2.05) is 14.1 Å². The minimum atomic E-state index is -3.23. The lowest BCUT2D eigenvalue weighted by molar-refractivity contribution is -0.885. The van der Waals surface area contributed by atoms with E-state index in [0.29, 0.717) is 29.1 Å². The summed E-state index contributed by atoms with van der Waals surface area (Å²) in [5, 5.41) is 0. The van der Waals surface area contributed by atoms with Crippen LogP contribution in [0, 0.1) is 6.26 Å². The predicted molar refractivity (Wildman–Crippen MR) is 75.9 cm³/mol. The van der Waals surface area contributed by atoms with Gasteiger partial charge in [-0.25, -0.2) is 16.8 Å². The van der Waals surface area contributed by atoms with Crippen molar-refractivity contribution in [2.75, 3.05) is 44.9 Å². The zero-order chi connectivity index (χ0) is 13.7. The second-order valence-corrected chi connectivity index (χ2v) is 12.9. The molecule has 0 aliphatic heterocycles. The standard InChI is InChI=1S/C8H19NO4S4.ClH/c1-9(2,5-7-14-16(3,10)11)6-8-15-17(4,12)13;/h3,5-8H2,1-2,4H3;1H/q+1;/p-1. The Kier molecular flexibility index (Phi) is 9.64. The first-order chi connectivity index (χ1) is 7.41. The molecule has 0 atom stereocenters. The highest BCUT2D eigenvalue weighted by Gasteiger charge is 2.17. The van der Waals surface area contributed by atoms with E-state index < -0.39 is 17.7 Å². The molecular weight excluding hydrogens is 338 g/mol. The molecule has 0 saturated carbocycles. The third kappa shape index (κ3) is 14.9. The number of halogens is 1. The van der Waals surface area contributed by atoms with Crippen molar-refractivity contribution in [3.63, 3.8) is 0 Å². The first kappa shape index (κ1) is 21.2. The Morgan fingerprint density at radius 3 is 1.72 bits per heavy atom. The van der Waals surface area contributed by atoms with Gasteiger partial charge >= 0.3 is 0 Å². The van der Waals surface area contributed by atoms with Gasteiger partial charge in [-0.05, 0) is 21.6 Å². The van der Waals surface area contributed by atoms with Crippen molar-refractivity contribution < 1.29 is 33.7 Å². The molecule has 10 heteroatoms. The fourth-order valence-corrected chi connectivity index (χ4v) is 4.77. The van der Waals surface area contributed by atoms with Crippen molar-refractivity contribution in [3.05, 3.63) is 6.26 Å². The van der Waals surface area contributed by atoms with Gasteiger partial charge in [0.25, 0.3) is 0 Å². The molecule has 18 heavy (non-hydrogen) atoms. The Bertz CT molecular complexity index is 392. The molecule has 0 aromatic carbocycles. The van der Waals surface area contributed by atoms with Crippen LogP contribution in [0.1, 0.15) is 0 Å². The van der Waals surface area contributed by atoms with Crippen LogP contribution in [0.15, 0.2) is 0 Å². The molecule has 0 rings (SSSR count). The minimum absolute atomic E-state index is 0. The highest BCUT2D eigenvalue weighted by Crippen LogP contribution is 2.14. The van der Waals surface area contributed by atoms with E-state index in [-0.39, 0.29) is 12.4 Å². The Labute approximate surface area is 124 Å². The van der Waals surface area contributed by atoms with Gasteiger partial charge in [0, 0.05) is 6.26 Å². The molecule has 0 aliphatic rings. The first-order valence-electron chi connectivity index (χ1n) is 4.80. The summed E-state index contributed by atoms with van der Waals surface area (Å²) in [5.41, 5.74) is 0. The summed E-state index contributed by atoms with van der Waals surface area (Å²) in [7, 11) is -0.604. The van der Waals surface area contributed by atoms with Crippen LogP contribution in [-0.2, 0) is 17.7 Å². The lowest BCUT2D eigenvalue weighted by Crippen LogP contribution is -3.00. The van der Waals surface area contributed by atoms with Crippen LogP contribution in [0.3, 0.4) is 0 Å². The molecule has 111 valence electrons. The molecule has 0 bridgehead atoms. The summed E-state index contributed by atoms with van der Waals surface area (Å²) in [6.07, 6.45) is 4.21. The van der Waals surface area contributed by atoms with Crippen LogP contribution in [0.5, 0.6) is 0 Å². The molecule has 0 unspecified atom stereocenters. The largest absolute Gasteiger partial charge is 1.00 e. The number of rotatable bonds is 8. The van der Waals surface area contributed by atoms with Crippen molar-refractivity contribution in [1.29, 1.82) is 0 Å². The molecule has 0 aliphatic carbocycles. The zero-order valence-electron chi connectivity index (χ0n) is 10.6. The van der Waals surface area contributed by atoms with Gasteiger partial charge in [-0.3, -0.25) is 0 Å². The molecule has 0 aromatic rings. The number of quaternary nitrogens is 1. The van der Waals surface area contributed by atoms with E-state index in [9.17, 15) is 16.8 Å². The normalized spacial score (nSPS) is 13.1. The average Bonchev–Trinajstić information content (AvgIpc) is 1.96. The molecule has 0 aromatic heterocycles. The second-order valence-electron chi connectivity index (χ2n) is 4.29. The zero-order valence-corrected chi connectivity index (χ0v) is 14.6. The summed E-state index contributed by atoms with van der Waals surface area (Å²) < 4.78 is 44.1. The predicted octanol–water partition coefficient (Wildman–Crippen LogP) is -2.39. The molecule has 0 spiro atoms. The van der Waals surface area contributed by atoms with Gasteiger partial charge in [-0.1, -0.05) is 0 Å². The van der Waals surface area contributed by atoms with Gasteiger partial charge in [-0.15, -0.1) is 0 Å². The summed E-state index contributed by atoms with van der Waals surface area (Å²) in [6.45, 7) is 1.33. The third-order valence-electron chi connectivity index (χ3n) is 1.95. The van der Waals surface area contributed by atoms with Gasteiger partial charge in [0.05, 0.1) is 44.9 Å². The monoisotopic (exact) mass is 356 g/mol. The van der Waals surface area contributed by atoms with Crippen LogP contribution in [-0.4, -0.2) is 66.3 Å². The third-order valence-corrected chi connectivity index (χ3v) is 6.80. The Hall–Kier alpha value is 0.850. The Morgan fingerprint density at radius 1 is 1.00 bits per heavy atom. The first-order valence-corrected chi connectivity index (χ1v) is 11.3. The Balaban J connectivity index is 0. The van der Waals surface area contributed by atoms with Crippen molar-refractivity contribution in [1.82, 2.24) is 0 Å². The van der Waals surface area contributed by atoms with Crippen LogP contribution in [0.25, 0.3) is 0 Å². The maximum absolute atomic E-state index is 10.9. The smallest absolute Gasteiger partial charge is 0.202 e. The summed E-state index contributed by atoms with van der Waals surface area (Å²) in [6, 6.07) is 0. The highest BCUT2D eigenvalue weighted by atomic mass is 35.5. The van der Waals surface area contributed by atoms with E-state index in [0.717, 1.165) is 21.6 Å². The van der Waals surface area contributed by atoms with E-state index in [1.54, 1.807) is 0 Å². The van der Waals surface area contributed by atoms with Gasteiger partial charge in [0.2, 0.25) is 8.87 Å². The average molecular weight is 357 g/mol. The Morgan fingerprint density at radius 2 is 1.39 bits per heavy atom. The SMILES string of the molecule is [CH2]S(=O)(=O)SCC[N+](C)(C)CCSS(C)(=O)=O.[Cl-]. The van der Waals surface area contributed by atoms with Crippen molar-refractivity contribution in [3.8, 4) is 0 Å². The van der Waals surface area contributed by atoms with Crippen molar-refractivity contribution in [2.45, 2.75) is 0 Å². The lowest BCUT2D eigenvalue weighted by Gasteiger charge is -2.29. The minimum Gasteiger partial charge on any atom is -1.00 e. The second kappa shape index (κ2) is 8.21. The van der Waals surface area contributed by atoms with E-state index >= 15 is 0 Å². The molecule has 0 fully saturated rings. The van der Waals surface area contributed by atoms with Gasteiger partial charge < -0.3 is 16.9 Å². The highest BCUT2D eigenvalue weighted by molar-refractivity contribution is 8.72. The molecular formula is C8H19ClNO4S4. The molecule has 0 heterocycles. The van der Waals surface area contributed by atoms with E-state index in [2.05, 4.69) is 6.26 Å². The molecule has 0 saturated heterocycles. The molecule has 1 radical (unpaired) electrons. The summed E-state index contributed by atoms with van der Waals surface area (Å²) in [5.74, 6) is 0.968. The van der Waals surface area contributed by atoms with E-state index in [1.165, 1.54) is 6.26 Å². The van der Waals surface area contributed by atoms with Crippen LogP contribution >= 0.6 is 21.6 Å². The molecule has 0 amide bonds. The van der Waals surface area contributed by atoms with Crippen LogP contribution < -0.4 is 12.4 Å². The number of hydrogen-bond donors (Lipinski definition) is 0. The topological polar surface area (TPSA) is 68.3 Å². The van der Waals surface area contributed by atoms with Crippen LogP contribution in [0.4, 0.5) is 0 Å². The fourth-order valence-electron chi connectivity index (χ4n) is 0.959. The summed E-state index contributed by atoms with van der Waals surface area (Å²) in [4.78, 5) is 0. The quantitative estimate of drug-likeness (QED) is 0.357. The van der Waals surface area contributed by atoms with Gasteiger partial charge in [0.15, 0.2) is 8.87 Å².